The van der Waals surface area contributed by atoms with Gasteiger partial charge < -0.3 is 4.74 Å². The third-order valence-electron chi connectivity index (χ3n) is 1.44. The lowest BCUT2D eigenvalue weighted by molar-refractivity contribution is 0.340. The summed E-state index contributed by atoms with van der Waals surface area (Å²) < 4.78 is 5.28. The normalized spacial score (nSPS) is 9.50. The molecule has 0 saturated carbocycles. The van der Waals surface area contributed by atoms with Crippen LogP contribution in [-0.4, -0.2) is 6.61 Å². The molecule has 0 amide bonds. The molecule has 1 rings (SSSR count). The van der Waals surface area contributed by atoms with E-state index in [4.69, 9.17) is 16.3 Å². The van der Waals surface area contributed by atoms with Gasteiger partial charge in [-0.25, -0.2) is 0 Å². The molecule has 12 heavy (non-hydrogen) atoms. The molecule has 63 valence electrons. The highest BCUT2D eigenvalue weighted by Crippen LogP contribution is 2.25. The summed E-state index contributed by atoms with van der Waals surface area (Å²) in [6, 6.07) is 5.44. The standard InChI is InChI=1S/C10H10ClO/c1-3-8-5-6-9(11)10(7-8)12-4-2/h5-7H,1,4H2,2H3. The second kappa shape index (κ2) is 4.17. The Morgan fingerprint density at radius 2 is 2.33 bits per heavy atom. The molecule has 1 radical (unpaired) electrons. The lowest BCUT2D eigenvalue weighted by Crippen LogP contribution is -1.92. The van der Waals surface area contributed by atoms with Crippen molar-refractivity contribution in [3.63, 3.8) is 0 Å². The summed E-state index contributed by atoms with van der Waals surface area (Å²) in [7, 11) is 0. The van der Waals surface area contributed by atoms with Crippen LogP contribution in [-0.2, 0) is 0 Å². The van der Waals surface area contributed by atoms with Gasteiger partial charge in [0.15, 0.2) is 0 Å². The van der Waals surface area contributed by atoms with E-state index in [9.17, 15) is 0 Å². The molecule has 0 aliphatic heterocycles. The SMILES string of the molecule is C=[C]c1ccc(Cl)c(OCC)c1. The van der Waals surface area contributed by atoms with E-state index in [1.165, 1.54) is 0 Å². The average molecular weight is 182 g/mol. The van der Waals surface area contributed by atoms with E-state index in [1.54, 1.807) is 6.07 Å². The van der Waals surface area contributed by atoms with Crippen LogP contribution in [0.2, 0.25) is 5.02 Å². The van der Waals surface area contributed by atoms with Crippen molar-refractivity contribution < 1.29 is 4.74 Å². The molecule has 2 heteroatoms. The minimum absolute atomic E-state index is 0.611. The Balaban J connectivity index is 2.99. The minimum Gasteiger partial charge on any atom is -0.492 e. The van der Waals surface area contributed by atoms with Crippen LogP contribution < -0.4 is 4.74 Å². The van der Waals surface area contributed by atoms with Gasteiger partial charge in [-0.1, -0.05) is 24.2 Å². The Labute approximate surface area is 77.6 Å². The molecular weight excluding hydrogens is 172 g/mol. The molecule has 0 aromatic heterocycles. The highest BCUT2D eigenvalue weighted by molar-refractivity contribution is 6.32. The maximum atomic E-state index is 5.86. The lowest BCUT2D eigenvalue weighted by Gasteiger charge is -2.05. The first-order valence-electron chi connectivity index (χ1n) is 3.73. The Hall–Kier alpha value is -0.950. The van der Waals surface area contributed by atoms with Gasteiger partial charge in [0.05, 0.1) is 11.6 Å². The quantitative estimate of drug-likeness (QED) is 0.697. The number of halogens is 1. The molecule has 0 unspecified atom stereocenters. The molecule has 0 aliphatic rings. The lowest BCUT2D eigenvalue weighted by atomic mass is 10.2. The fourth-order valence-corrected chi connectivity index (χ4v) is 1.05. The summed E-state index contributed by atoms with van der Waals surface area (Å²) in [6.45, 7) is 6.07. The van der Waals surface area contributed by atoms with E-state index >= 15 is 0 Å². The Morgan fingerprint density at radius 3 is 2.92 bits per heavy atom. The van der Waals surface area contributed by atoms with Gasteiger partial charge in [0.1, 0.15) is 5.75 Å². The van der Waals surface area contributed by atoms with Gasteiger partial charge in [0, 0.05) is 0 Å². The van der Waals surface area contributed by atoms with E-state index in [-0.39, 0.29) is 0 Å². The summed E-state index contributed by atoms with van der Waals surface area (Å²) in [5, 5.41) is 0.621. The molecule has 0 atom stereocenters. The topological polar surface area (TPSA) is 9.23 Å². The van der Waals surface area contributed by atoms with E-state index in [2.05, 4.69) is 12.7 Å². The van der Waals surface area contributed by atoms with Crippen molar-refractivity contribution in [2.24, 2.45) is 0 Å². The van der Waals surface area contributed by atoms with E-state index in [1.807, 2.05) is 19.1 Å². The van der Waals surface area contributed by atoms with Crippen LogP contribution in [0.3, 0.4) is 0 Å². The predicted molar refractivity (Wildman–Crippen MR) is 50.6 cm³/mol. The maximum absolute atomic E-state index is 5.86. The van der Waals surface area contributed by atoms with Gasteiger partial charge in [0.25, 0.3) is 0 Å². The van der Waals surface area contributed by atoms with Crippen molar-refractivity contribution in [1.82, 2.24) is 0 Å². The van der Waals surface area contributed by atoms with E-state index < -0.39 is 0 Å². The number of hydrogen-bond donors (Lipinski definition) is 0. The van der Waals surface area contributed by atoms with Gasteiger partial charge in [-0.05, 0) is 30.7 Å². The zero-order valence-electron chi connectivity index (χ0n) is 6.93. The van der Waals surface area contributed by atoms with Crippen LogP contribution in [0.25, 0.3) is 0 Å². The molecule has 0 N–H and O–H groups in total. The number of ether oxygens (including phenoxy) is 1. The number of benzene rings is 1. The van der Waals surface area contributed by atoms with E-state index in [0.717, 1.165) is 5.56 Å². The monoisotopic (exact) mass is 181 g/mol. The first kappa shape index (κ1) is 9.14. The smallest absolute Gasteiger partial charge is 0.138 e. The Morgan fingerprint density at radius 1 is 1.58 bits per heavy atom. The largest absolute Gasteiger partial charge is 0.492 e. The second-order valence-electron chi connectivity index (χ2n) is 2.25. The van der Waals surface area contributed by atoms with Crippen LogP contribution in [0.15, 0.2) is 24.8 Å². The fraction of sp³-hybridized carbons (Fsp3) is 0.200. The van der Waals surface area contributed by atoms with Crippen LogP contribution in [0, 0.1) is 6.08 Å². The molecule has 0 bridgehead atoms. The first-order valence-corrected chi connectivity index (χ1v) is 4.11. The van der Waals surface area contributed by atoms with E-state index in [0.29, 0.717) is 17.4 Å². The predicted octanol–water partition coefficient (Wildman–Crippen LogP) is 3.08. The van der Waals surface area contributed by atoms with Crippen molar-refractivity contribution in [3.05, 3.63) is 41.4 Å². The third-order valence-corrected chi connectivity index (χ3v) is 1.75. The van der Waals surface area contributed by atoms with Crippen molar-refractivity contribution >= 4 is 11.6 Å². The van der Waals surface area contributed by atoms with Gasteiger partial charge in [-0.3, -0.25) is 0 Å². The van der Waals surface area contributed by atoms with Crippen molar-refractivity contribution in [2.75, 3.05) is 6.61 Å². The number of rotatable bonds is 3. The highest BCUT2D eigenvalue weighted by Gasteiger charge is 1.99. The molecule has 1 aromatic carbocycles. The summed E-state index contributed by atoms with van der Waals surface area (Å²) in [5.74, 6) is 0.688. The zero-order valence-corrected chi connectivity index (χ0v) is 7.69. The number of hydrogen-bond acceptors (Lipinski definition) is 1. The van der Waals surface area contributed by atoms with Crippen molar-refractivity contribution in [3.8, 4) is 5.75 Å². The summed E-state index contributed by atoms with van der Waals surface area (Å²) in [5.41, 5.74) is 0.892. The zero-order chi connectivity index (χ0) is 8.97. The van der Waals surface area contributed by atoms with Gasteiger partial charge in [-0.15, -0.1) is 0 Å². The minimum atomic E-state index is 0.611. The third kappa shape index (κ3) is 2.02. The van der Waals surface area contributed by atoms with Gasteiger partial charge in [0.2, 0.25) is 0 Å². The molecular formula is C10H10ClO. The molecule has 0 aliphatic carbocycles. The summed E-state index contributed by atoms with van der Waals surface area (Å²) >= 11 is 5.86. The molecule has 1 aromatic rings. The average Bonchev–Trinajstić information content (AvgIpc) is 2.09. The Bertz CT molecular complexity index is 281. The summed E-state index contributed by atoms with van der Waals surface area (Å²) in [6.07, 6.45) is 2.76. The molecule has 0 saturated heterocycles. The molecule has 0 spiro atoms. The molecule has 0 fully saturated rings. The second-order valence-corrected chi connectivity index (χ2v) is 2.66. The van der Waals surface area contributed by atoms with Crippen LogP contribution >= 0.6 is 11.6 Å². The van der Waals surface area contributed by atoms with Crippen LogP contribution in [0.4, 0.5) is 0 Å². The molecule has 0 heterocycles. The van der Waals surface area contributed by atoms with Crippen LogP contribution in [0.1, 0.15) is 12.5 Å². The maximum Gasteiger partial charge on any atom is 0.138 e. The van der Waals surface area contributed by atoms with Crippen LogP contribution in [0.5, 0.6) is 5.75 Å². The van der Waals surface area contributed by atoms with Crippen molar-refractivity contribution in [1.29, 1.82) is 0 Å². The van der Waals surface area contributed by atoms with Crippen molar-refractivity contribution in [2.45, 2.75) is 6.92 Å². The molecule has 1 nitrogen and oxygen atoms in total. The summed E-state index contributed by atoms with van der Waals surface area (Å²) in [4.78, 5) is 0. The fourth-order valence-electron chi connectivity index (χ4n) is 0.879. The first-order chi connectivity index (χ1) is 5.77. The van der Waals surface area contributed by atoms with Gasteiger partial charge >= 0.3 is 0 Å². The Kier molecular flexibility index (Phi) is 3.18. The highest BCUT2D eigenvalue weighted by atomic mass is 35.5. The van der Waals surface area contributed by atoms with Gasteiger partial charge in [-0.2, -0.15) is 0 Å².